The van der Waals surface area contributed by atoms with Crippen LogP contribution in [0, 0.1) is 0 Å². The van der Waals surface area contributed by atoms with Crippen LogP contribution in [0.3, 0.4) is 0 Å². The van der Waals surface area contributed by atoms with Crippen molar-refractivity contribution in [2.24, 2.45) is 0 Å². The Kier molecular flexibility index (Phi) is 12.9. The molecule has 4 rings (SSSR count). The molecule has 0 fully saturated rings. The molecule has 0 spiro atoms. The van der Waals surface area contributed by atoms with E-state index in [4.69, 9.17) is 23.2 Å². The predicted octanol–water partition coefficient (Wildman–Crippen LogP) is 6.20. The van der Waals surface area contributed by atoms with E-state index in [2.05, 4.69) is 0 Å². The summed E-state index contributed by atoms with van der Waals surface area (Å²) in [6.07, 6.45) is 7.08. The Balaban J connectivity index is 0.00000280. The van der Waals surface area contributed by atoms with E-state index in [-0.39, 0.29) is 79.0 Å². The third-order valence-electron chi connectivity index (χ3n) is 5.56. The molecule has 0 aliphatic heterocycles. The van der Waals surface area contributed by atoms with Crippen molar-refractivity contribution in [1.29, 1.82) is 0 Å². The summed E-state index contributed by atoms with van der Waals surface area (Å²) in [6.45, 7) is 0. The predicted molar refractivity (Wildman–Crippen MR) is 167 cm³/mol. The molecule has 0 amide bonds. The zero-order valence-corrected chi connectivity index (χ0v) is 22.6. The van der Waals surface area contributed by atoms with Crippen LogP contribution >= 0.6 is 23.2 Å². The zero-order valence-electron chi connectivity index (χ0n) is 19.5. The van der Waals surface area contributed by atoms with E-state index in [1.165, 1.54) is 24.3 Å². The molecule has 0 bridgehead atoms. The molecule has 0 saturated heterocycles. The Morgan fingerprint density at radius 1 is 0.475 bits per heavy atom. The Morgan fingerprint density at radius 3 is 1.05 bits per heavy atom. The minimum atomic E-state index is -4.41. The van der Waals surface area contributed by atoms with Crippen molar-refractivity contribution >= 4 is 127 Å². The standard InChI is InChI=1S/C28H20Cl2O6S2.2Na.2H/c29-25-15-9-21(17-27(25)37(31,32)33)3-1-19-5-11-23(12-6-19)24-13-7-20(8-14-24)2-4-22-10-16-26(30)28(18-22)38(34,35)36;;;;/h1-18H,(H,31,32,33)(H,34,35,36);;;;/b3-1+,4-2+;;;;. The van der Waals surface area contributed by atoms with E-state index in [9.17, 15) is 25.9 Å². The molecule has 0 unspecified atom stereocenters. The molecular weight excluding hydrogens is 613 g/mol. The Labute approximate surface area is 287 Å². The van der Waals surface area contributed by atoms with Gasteiger partial charge in [-0.15, -0.1) is 0 Å². The van der Waals surface area contributed by atoms with E-state index in [1.807, 2.05) is 60.7 Å². The zero-order chi connectivity index (χ0) is 27.5. The van der Waals surface area contributed by atoms with E-state index in [0.717, 1.165) is 22.3 Å². The number of rotatable bonds is 7. The normalized spacial score (nSPS) is 11.8. The number of hydrogen-bond acceptors (Lipinski definition) is 4. The topological polar surface area (TPSA) is 109 Å². The van der Waals surface area contributed by atoms with Crippen molar-refractivity contribution in [1.82, 2.24) is 0 Å². The molecule has 40 heavy (non-hydrogen) atoms. The second-order valence-corrected chi connectivity index (χ2v) is 11.8. The van der Waals surface area contributed by atoms with Crippen LogP contribution in [0.15, 0.2) is 94.7 Å². The SMILES string of the molecule is O=S(=O)(O)c1cc(/C=C/c2ccc(-c3ccc(/C=C/c4ccc(Cl)c(S(=O)(=O)O)c4)cc3)cc2)ccc1Cl.[NaH].[NaH]. The average Bonchev–Trinajstić information content (AvgIpc) is 2.87. The van der Waals surface area contributed by atoms with Crippen molar-refractivity contribution in [3.05, 3.63) is 117 Å². The second-order valence-electron chi connectivity index (χ2n) is 8.24. The van der Waals surface area contributed by atoms with Gasteiger partial charge in [0.05, 0.1) is 10.0 Å². The Bertz CT molecular complexity index is 1640. The fourth-order valence-corrected chi connectivity index (χ4v) is 5.62. The van der Waals surface area contributed by atoms with Gasteiger partial charge in [-0.05, 0) is 57.6 Å². The fraction of sp³-hybridized carbons (Fsp3) is 0. The second kappa shape index (κ2) is 14.8. The molecule has 2 N–H and O–H groups in total. The molecule has 0 radical (unpaired) electrons. The van der Waals surface area contributed by atoms with Crippen LogP contribution in [0.4, 0.5) is 0 Å². The van der Waals surface area contributed by atoms with Crippen molar-refractivity contribution in [2.45, 2.75) is 9.79 Å². The van der Waals surface area contributed by atoms with Gasteiger partial charge in [-0.3, -0.25) is 9.11 Å². The summed E-state index contributed by atoms with van der Waals surface area (Å²) in [5, 5.41) is -0.0986. The summed E-state index contributed by atoms with van der Waals surface area (Å²) in [5.41, 5.74) is 4.92. The molecule has 0 atom stereocenters. The summed E-state index contributed by atoms with van der Waals surface area (Å²) in [5.74, 6) is 0. The van der Waals surface area contributed by atoms with Gasteiger partial charge < -0.3 is 0 Å². The summed E-state index contributed by atoms with van der Waals surface area (Å²) >= 11 is 11.7. The number of hydrogen-bond donors (Lipinski definition) is 2. The molecule has 4 aromatic carbocycles. The van der Waals surface area contributed by atoms with Gasteiger partial charge in [0.1, 0.15) is 9.79 Å². The molecule has 0 aliphatic rings. The summed E-state index contributed by atoms with van der Waals surface area (Å²) in [6, 6.07) is 24.3. The Morgan fingerprint density at radius 2 is 0.750 bits per heavy atom. The van der Waals surface area contributed by atoms with E-state index >= 15 is 0 Å². The molecule has 0 aromatic heterocycles. The van der Waals surface area contributed by atoms with Gasteiger partial charge in [-0.2, -0.15) is 16.8 Å². The van der Waals surface area contributed by atoms with Crippen molar-refractivity contribution in [2.75, 3.05) is 0 Å². The van der Waals surface area contributed by atoms with Gasteiger partial charge in [-0.1, -0.05) is 108 Å². The summed E-state index contributed by atoms with van der Waals surface area (Å²) in [4.78, 5) is -0.683. The molecule has 12 heteroatoms. The van der Waals surface area contributed by atoms with E-state index in [0.29, 0.717) is 11.1 Å². The van der Waals surface area contributed by atoms with Crippen LogP contribution in [0.5, 0.6) is 0 Å². The average molecular weight is 635 g/mol. The van der Waals surface area contributed by atoms with Gasteiger partial charge >= 0.3 is 59.1 Å². The van der Waals surface area contributed by atoms with Crippen LogP contribution in [-0.4, -0.2) is 85.1 Å². The van der Waals surface area contributed by atoms with Gasteiger partial charge in [-0.25, -0.2) is 0 Å². The quantitative estimate of drug-likeness (QED) is 0.142. The molecule has 0 heterocycles. The van der Waals surface area contributed by atoms with Crippen LogP contribution in [-0.2, 0) is 20.2 Å². The van der Waals surface area contributed by atoms with Gasteiger partial charge in [0.2, 0.25) is 0 Å². The van der Waals surface area contributed by atoms with Crippen molar-refractivity contribution in [3.63, 3.8) is 0 Å². The van der Waals surface area contributed by atoms with Crippen LogP contribution in [0.1, 0.15) is 22.3 Å². The van der Waals surface area contributed by atoms with Crippen molar-refractivity contribution < 1.29 is 25.9 Å². The summed E-state index contributed by atoms with van der Waals surface area (Å²) < 4.78 is 64.3. The first-order valence-corrected chi connectivity index (χ1v) is 14.6. The molecule has 4 aromatic rings. The monoisotopic (exact) mass is 634 g/mol. The Hall–Kier alpha value is -1.24. The number of halogens is 2. The number of benzene rings is 4. The first-order chi connectivity index (χ1) is 17.9. The van der Waals surface area contributed by atoms with Gasteiger partial charge in [0.25, 0.3) is 20.2 Å². The van der Waals surface area contributed by atoms with E-state index < -0.39 is 20.2 Å². The van der Waals surface area contributed by atoms with Crippen LogP contribution < -0.4 is 0 Å². The maximum atomic E-state index is 11.4. The molecule has 0 saturated carbocycles. The molecule has 6 nitrogen and oxygen atoms in total. The molecule has 0 aliphatic carbocycles. The first-order valence-electron chi connectivity index (χ1n) is 11.0. The third-order valence-corrected chi connectivity index (χ3v) is 8.23. The van der Waals surface area contributed by atoms with Gasteiger partial charge in [0, 0.05) is 0 Å². The molecule has 198 valence electrons. The van der Waals surface area contributed by atoms with Gasteiger partial charge in [0.15, 0.2) is 0 Å². The van der Waals surface area contributed by atoms with Crippen molar-refractivity contribution in [3.8, 4) is 11.1 Å². The van der Waals surface area contributed by atoms with Crippen LogP contribution in [0.2, 0.25) is 10.0 Å². The first kappa shape index (κ1) is 35.0. The maximum absolute atomic E-state index is 11.4. The minimum absolute atomic E-state index is 0. The summed E-state index contributed by atoms with van der Waals surface area (Å²) in [7, 11) is -8.82. The molecular formula is C28H22Cl2Na2O6S2. The van der Waals surface area contributed by atoms with Crippen LogP contribution in [0.25, 0.3) is 35.4 Å². The fourth-order valence-electron chi connectivity index (χ4n) is 3.60. The van der Waals surface area contributed by atoms with E-state index in [1.54, 1.807) is 24.3 Å². The third kappa shape index (κ3) is 9.39.